The molecule has 7 heteroatoms. The average molecular weight is 376 g/mol. The fourth-order valence-corrected chi connectivity index (χ4v) is 2.41. The monoisotopic (exact) mass is 374 g/mol. The van der Waals surface area contributed by atoms with Crippen molar-refractivity contribution < 1.29 is 4.92 Å². The number of nitro groups is 1. The molecule has 4 nitrogen and oxygen atoms in total. The number of rotatable bonds is 4. The van der Waals surface area contributed by atoms with Crippen LogP contribution in [0.4, 0.5) is 11.4 Å². The van der Waals surface area contributed by atoms with E-state index in [0.717, 1.165) is 10.0 Å². The predicted octanol–water partition coefficient (Wildman–Crippen LogP) is 5.28. The molecular formula is C13H9BrCl2N2O2. The van der Waals surface area contributed by atoms with Crippen molar-refractivity contribution in [3.8, 4) is 0 Å². The first-order chi connectivity index (χ1) is 9.47. The highest BCUT2D eigenvalue weighted by Gasteiger charge is 2.12. The van der Waals surface area contributed by atoms with E-state index in [2.05, 4.69) is 21.2 Å². The smallest absolute Gasteiger partial charge is 0.289 e. The van der Waals surface area contributed by atoms with Gasteiger partial charge in [-0.3, -0.25) is 10.1 Å². The average Bonchev–Trinajstić information content (AvgIpc) is 2.41. The van der Waals surface area contributed by atoms with Crippen LogP contribution in [-0.4, -0.2) is 4.92 Å². The van der Waals surface area contributed by atoms with Gasteiger partial charge in [0.05, 0.1) is 4.92 Å². The highest BCUT2D eigenvalue weighted by atomic mass is 79.9. The normalized spacial score (nSPS) is 10.3. The molecule has 0 aliphatic carbocycles. The molecular weight excluding hydrogens is 367 g/mol. The first-order valence-electron chi connectivity index (χ1n) is 5.59. The molecule has 0 aliphatic heterocycles. The molecule has 1 N–H and O–H groups in total. The van der Waals surface area contributed by atoms with Gasteiger partial charge in [-0.15, -0.1) is 0 Å². The minimum Gasteiger partial charge on any atom is -0.381 e. The van der Waals surface area contributed by atoms with E-state index in [1.165, 1.54) is 12.1 Å². The second-order valence-electron chi connectivity index (χ2n) is 4.01. The molecule has 0 saturated carbocycles. The molecule has 0 aliphatic rings. The minimum absolute atomic E-state index is 0.115. The summed E-state index contributed by atoms with van der Waals surface area (Å²) in [5.41, 5.74) is 1.45. The SMILES string of the molecule is O=[N+]([O-])c1cc(NCc2cc(Cl)ccc2Br)ccc1Cl. The van der Waals surface area contributed by atoms with E-state index in [1.807, 2.05) is 12.1 Å². The van der Waals surface area contributed by atoms with Gasteiger partial charge in [-0.25, -0.2) is 0 Å². The third-order valence-electron chi connectivity index (χ3n) is 2.63. The fraction of sp³-hybridized carbons (Fsp3) is 0.0769. The predicted molar refractivity (Wildman–Crippen MR) is 84.6 cm³/mol. The highest BCUT2D eigenvalue weighted by Crippen LogP contribution is 2.28. The number of hydrogen-bond acceptors (Lipinski definition) is 3. The maximum Gasteiger partial charge on any atom is 0.289 e. The van der Waals surface area contributed by atoms with Crippen molar-refractivity contribution >= 4 is 50.5 Å². The van der Waals surface area contributed by atoms with Crippen molar-refractivity contribution in [1.82, 2.24) is 0 Å². The zero-order chi connectivity index (χ0) is 14.7. The molecule has 0 fully saturated rings. The van der Waals surface area contributed by atoms with Crippen LogP contribution in [-0.2, 0) is 6.54 Å². The van der Waals surface area contributed by atoms with Gasteiger partial charge < -0.3 is 5.32 Å². The van der Waals surface area contributed by atoms with Gasteiger partial charge in [0.1, 0.15) is 5.02 Å². The molecule has 0 bridgehead atoms. The molecule has 0 unspecified atom stereocenters. The number of halogens is 3. The molecule has 2 aromatic carbocycles. The van der Waals surface area contributed by atoms with Crippen molar-refractivity contribution in [1.29, 1.82) is 0 Å². The zero-order valence-electron chi connectivity index (χ0n) is 10.1. The molecule has 0 atom stereocenters. The Balaban J connectivity index is 2.17. The Morgan fingerprint density at radius 2 is 1.95 bits per heavy atom. The maximum absolute atomic E-state index is 10.8. The summed E-state index contributed by atoms with van der Waals surface area (Å²) in [6.07, 6.45) is 0. The maximum atomic E-state index is 10.8. The number of benzene rings is 2. The van der Waals surface area contributed by atoms with Crippen LogP contribution in [0.25, 0.3) is 0 Å². The summed E-state index contributed by atoms with van der Waals surface area (Å²) in [7, 11) is 0. The lowest BCUT2D eigenvalue weighted by Crippen LogP contribution is -2.01. The van der Waals surface area contributed by atoms with Crippen molar-refractivity contribution in [3.63, 3.8) is 0 Å². The summed E-state index contributed by atoms with van der Waals surface area (Å²) >= 11 is 15.1. The zero-order valence-corrected chi connectivity index (χ0v) is 13.2. The second-order valence-corrected chi connectivity index (χ2v) is 5.71. The van der Waals surface area contributed by atoms with E-state index < -0.39 is 4.92 Å². The van der Waals surface area contributed by atoms with Crippen molar-refractivity contribution in [2.45, 2.75) is 6.54 Å². The number of nitro benzene ring substituents is 1. The summed E-state index contributed by atoms with van der Waals surface area (Å²) in [4.78, 5) is 10.3. The van der Waals surface area contributed by atoms with Crippen molar-refractivity contribution in [2.75, 3.05) is 5.32 Å². The van der Waals surface area contributed by atoms with E-state index in [-0.39, 0.29) is 10.7 Å². The summed E-state index contributed by atoms with van der Waals surface area (Å²) in [5.74, 6) is 0. The van der Waals surface area contributed by atoms with Gasteiger partial charge >= 0.3 is 0 Å². The number of hydrogen-bond donors (Lipinski definition) is 1. The summed E-state index contributed by atoms with van der Waals surface area (Å²) in [6, 6.07) is 10.0. The van der Waals surface area contributed by atoms with Crippen LogP contribution in [0.15, 0.2) is 40.9 Å². The molecule has 0 heterocycles. The van der Waals surface area contributed by atoms with Crippen molar-refractivity contribution in [2.24, 2.45) is 0 Å². The Kier molecular flexibility index (Phi) is 4.86. The standard InChI is InChI=1S/C13H9BrCl2N2O2/c14-11-3-1-9(15)5-8(11)7-17-10-2-4-12(16)13(6-10)18(19)20/h1-6,17H,7H2. The van der Waals surface area contributed by atoms with E-state index in [9.17, 15) is 10.1 Å². The van der Waals surface area contributed by atoms with Gasteiger partial charge in [0.25, 0.3) is 5.69 Å². The van der Waals surface area contributed by atoms with E-state index >= 15 is 0 Å². The Bertz CT molecular complexity index is 665. The Morgan fingerprint density at radius 1 is 1.20 bits per heavy atom. The van der Waals surface area contributed by atoms with Gasteiger partial charge in [-0.1, -0.05) is 39.1 Å². The van der Waals surface area contributed by atoms with Crippen LogP contribution in [0.3, 0.4) is 0 Å². The van der Waals surface area contributed by atoms with Crippen LogP contribution < -0.4 is 5.32 Å². The third-order valence-corrected chi connectivity index (χ3v) is 3.96. The Morgan fingerprint density at radius 3 is 2.65 bits per heavy atom. The van der Waals surface area contributed by atoms with Crippen LogP contribution in [0, 0.1) is 10.1 Å². The van der Waals surface area contributed by atoms with Crippen LogP contribution >= 0.6 is 39.1 Å². The van der Waals surface area contributed by atoms with E-state index in [1.54, 1.807) is 12.1 Å². The molecule has 2 rings (SSSR count). The van der Waals surface area contributed by atoms with Gasteiger partial charge in [0.2, 0.25) is 0 Å². The minimum atomic E-state index is -0.511. The topological polar surface area (TPSA) is 55.2 Å². The summed E-state index contributed by atoms with van der Waals surface area (Å²) < 4.78 is 0.915. The Labute approximate surface area is 134 Å². The molecule has 2 aromatic rings. The van der Waals surface area contributed by atoms with Crippen LogP contribution in [0.5, 0.6) is 0 Å². The quantitative estimate of drug-likeness (QED) is 0.584. The van der Waals surface area contributed by atoms with Gasteiger partial charge in [0, 0.05) is 27.8 Å². The number of nitrogens with zero attached hydrogens (tertiary/aromatic N) is 1. The lowest BCUT2D eigenvalue weighted by atomic mass is 10.2. The summed E-state index contributed by atoms with van der Waals surface area (Å²) in [6.45, 7) is 0.486. The second kappa shape index (κ2) is 6.43. The fourth-order valence-electron chi connectivity index (χ4n) is 1.64. The molecule has 0 radical (unpaired) electrons. The molecule has 104 valence electrons. The number of nitrogens with one attached hydrogen (secondary N) is 1. The number of anilines is 1. The van der Waals surface area contributed by atoms with E-state index in [4.69, 9.17) is 23.2 Å². The highest BCUT2D eigenvalue weighted by molar-refractivity contribution is 9.10. The molecule has 0 amide bonds. The first kappa shape index (κ1) is 15.1. The van der Waals surface area contributed by atoms with Crippen molar-refractivity contribution in [3.05, 3.63) is 66.6 Å². The van der Waals surface area contributed by atoms with Crippen LogP contribution in [0.1, 0.15) is 5.56 Å². The molecule has 20 heavy (non-hydrogen) atoms. The van der Waals surface area contributed by atoms with Crippen LogP contribution in [0.2, 0.25) is 10.0 Å². The third kappa shape index (κ3) is 3.62. The lowest BCUT2D eigenvalue weighted by Gasteiger charge is -2.09. The Hall–Kier alpha value is -1.30. The first-order valence-corrected chi connectivity index (χ1v) is 7.14. The summed E-state index contributed by atoms with van der Waals surface area (Å²) in [5, 5.41) is 14.7. The largest absolute Gasteiger partial charge is 0.381 e. The van der Waals surface area contributed by atoms with Gasteiger partial charge in [-0.05, 0) is 35.9 Å². The van der Waals surface area contributed by atoms with Gasteiger partial charge in [0.15, 0.2) is 0 Å². The van der Waals surface area contributed by atoms with E-state index in [0.29, 0.717) is 17.3 Å². The molecule has 0 aromatic heterocycles. The lowest BCUT2D eigenvalue weighted by molar-refractivity contribution is -0.384. The van der Waals surface area contributed by atoms with Gasteiger partial charge in [-0.2, -0.15) is 0 Å². The molecule has 0 saturated heterocycles. The molecule has 0 spiro atoms.